The molecule has 2 aromatic rings. The van der Waals surface area contributed by atoms with Crippen molar-refractivity contribution in [3.63, 3.8) is 0 Å². The Morgan fingerprint density at radius 3 is 2.53 bits per heavy atom. The average molecular weight is 514 g/mol. The van der Waals surface area contributed by atoms with Crippen molar-refractivity contribution in [3.8, 4) is 0 Å². The third-order valence-corrected chi connectivity index (χ3v) is 7.49. The molecule has 9 nitrogen and oxygen atoms in total. The second kappa shape index (κ2) is 10.9. The van der Waals surface area contributed by atoms with E-state index in [1.807, 2.05) is 32.2 Å². The summed E-state index contributed by atoms with van der Waals surface area (Å²) in [6, 6.07) is 10.7. The number of anilines is 1. The van der Waals surface area contributed by atoms with E-state index in [0.29, 0.717) is 35.0 Å². The molecule has 2 aliphatic rings. The monoisotopic (exact) mass is 513 g/mol. The summed E-state index contributed by atoms with van der Waals surface area (Å²) in [4.78, 5) is 29.1. The number of likely N-dealkylation sites (tertiary alicyclic amines) is 1. The second-order valence-electron chi connectivity index (χ2n) is 10.2. The van der Waals surface area contributed by atoms with E-state index in [1.54, 1.807) is 30.3 Å². The Kier molecular flexibility index (Phi) is 7.85. The number of thiophene rings is 1. The predicted molar refractivity (Wildman–Crippen MR) is 141 cm³/mol. The summed E-state index contributed by atoms with van der Waals surface area (Å²) in [6.07, 6.45) is 3.33. The number of nitrogens with one attached hydrogen (secondary N) is 2. The number of benzene rings is 1. The minimum absolute atomic E-state index is 0.165. The van der Waals surface area contributed by atoms with Crippen LogP contribution in [-0.4, -0.2) is 64.8 Å². The summed E-state index contributed by atoms with van der Waals surface area (Å²) in [7, 11) is 0. The van der Waals surface area contributed by atoms with Crippen LogP contribution in [0.25, 0.3) is 0 Å². The van der Waals surface area contributed by atoms with Gasteiger partial charge >= 0.3 is 6.09 Å². The van der Waals surface area contributed by atoms with Gasteiger partial charge in [-0.2, -0.15) is 0 Å². The molecule has 0 bridgehead atoms. The highest BCUT2D eigenvalue weighted by Crippen LogP contribution is 2.38. The number of hydrogen-bond acceptors (Lipinski definition) is 7. The number of piperidine rings is 1. The van der Waals surface area contributed by atoms with Crippen molar-refractivity contribution in [2.75, 3.05) is 31.5 Å². The third kappa shape index (κ3) is 5.65. The first-order valence-electron chi connectivity index (χ1n) is 12.4. The first-order valence-corrected chi connectivity index (χ1v) is 13.3. The minimum atomic E-state index is -1.35. The quantitative estimate of drug-likeness (QED) is 0.467. The Morgan fingerprint density at radius 2 is 1.92 bits per heavy atom. The number of carbonyl (C=O) groups excluding carboxylic acids is 1. The van der Waals surface area contributed by atoms with Crippen LogP contribution in [0, 0.1) is 5.41 Å². The van der Waals surface area contributed by atoms with Gasteiger partial charge in [-0.3, -0.25) is 9.69 Å². The Balaban J connectivity index is 1.44. The van der Waals surface area contributed by atoms with Gasteiger partial charge in [0.2, 0.25) is 5.90 Å². The molecule has 194 valence electrons. The van der Waals surface area contributed by atoms with Gasteiger partial charge in [0, 0.05) is 23.2 Å². The number of amides is 2. The van der Waals surface area contributed by atoms with Crippen LogP contribution in [0.2, 0.25) is 0 Å². The van der Waals surface area contributed by atoms with E-state index in [-0.39, 0.29) is 5.91 Å². The van der Waals surface area contributed by atoms with Gasteiger partial charge < -0.3 is 20.1 Å². The SMILES string of the molecule is CC(C)(C)C1(N(CCCN2CCCCC2)C(=O)O)NN=C(c2ccc(NC(=O)c3cccs3)cc2)O1. The maximum atomic E-state index is 12.4. The Morgan fingerprint density at radius 1 is 1.19 bits per heavy atom. The lowest BCUT2D eigenvalue weighted by atomic mass is 9.88. The van der Waals surface area contributed by atoms with Gasteiger partial charge in [-0.1, -0.05) is 33.3 Å². The number of rotatable bonds is 8. The van der Waals surface area contributed by atoms with Crippen LogP contribution < -0.4 is 10.7 Å². The number of nitrogens with zero attached hydrogens (tertiary/aromatic N) is 3. The Hall–Kier alpha value is -3.11. The van der Waals surface area contributed by atoms with Gasteiger partial charge in [0.05, 0.1) is 4.88 Å². The van der Waals surface area contributed by atoms with Crippen LogP contribution in [0.5, 0.6) is 0 Å². The highest BCUT2D eigenvalue weighted by molar-refractivity contribution is 7.12. The molecule has 3 heterocycles. The van der Waals surface area contributed by atoms with Crippen molar-refractivity contribution in [1.82, 2.24) is 15.2 Å². The molecule has 1 aromatic carbocycles. The van der Waals surface area contributed by atoms with Crippen molar-refractivity contribution in [2.45, 2.75) is 52.3 Å². The predicted octanol–water partition coefficient (Wildman–Crippen LogP) is 4.84. The summed E-state index contributed by atoms with van der Waals surface area (Å²) in [5.41, 5.74) is 3.74. The van der Waals surface area contributed by atoms with Gasteiger partial charge in [-0.05, 0) is 74.6 Å². The average Bonchev–Trinajstić information content (AvgIpc) is 3.54. The fourth-order valence-electron chi connectivity index (χ4n) is 4.60. The summed E-state index contributed by atoms with van der Waals surface area (Å²) in [5, 5.41) is 19.3. The molecule has 1 unspecified atom stereocenters. The van der Waals surface area contributed by atoms with E-state index in [4.69, 9.17) is 4.74 Å². The van der Waals surface area contributed by atoms with Crippen LogP contribution in [0.15, 0.2) is 46.9 Å². The van der Waals surface area contributed by atoms with E-state index in [9.17, 15) is 14.7 Å². The Bertz CT molecular complexity index is 1070. The summed E-state index contributed by atoms with van der Waals surface area (Å²) in [5.74, 6) is -1.20. The highest BCUT2D eigenvalue weighted by Gasteiger charge is 2.55. The maximum absolute atomic E-state index is 12.4. The number of hydrogen-bond donors (Lipinski definition) is 3. The van der Waals surface area contributed by atoms with Crippen LogP contribution in [-0.2, 0) is 4.74 Å². The molecule has 4 rings (SSSR count). The lowest BCUT2D eigenvalue weighted by Crippen LogP contribution is -2.66. The van der Waals surface area contributed by atoms with E-state index in [0.717, 1.165) is 19.6 Å². The minimum Gasteiger partial charge on any atom is -0.465 e. The molecular weight excluding hydrogens is 478 g/mol. The van der Waals surface area contributed by atoms with E-state index < -0.39 is 17.4 Å². The standard InChI is InChI=1S/C26H35N5O4S/c1-25(2,3)26(31(24(33)34)17-8-16-30-14-5-4-6-15-30)29-28-23(35-26)19-10-12-20(13-11-19)27-22(32)21-9-7-18-36-21/h7,9-13,18,29H,4-6,8,14-17H2,1-3H3,(H,27,32)(H,33,34). The number of hydrazone groups is 1. The van der Waals surface area contributed by atoms with Gasteiger partial charge in [0.1, 0.15) is 0 Å². The maximum Gasteiger partial charge on any atom is 0.411 e. The van der Waals surface area contributed by atoms with Crippen molar-refractivity contribution in [3.05, 3.63) is 52.2 Å². The number of carbonyl (C=O) groups is 2. The largest absolute Gasteiger partial charge is 0.465 e. The van der Waals surface area contributed by atoms with Crippen LogP contribution in [0.1, 0.15) is 61.7 Å². The van der Waals surface area contributed by atoms with Gasteiger partial charge in [-0.25, -0.2) is 10.2 Å². The third-order valence-electron chi connectivity index (χ3n) is 6.62. The van der Waals surface area contributed by atoms with Crippen molar-refractivity contribution >= 4 is 34.9 Å². The molecule has 0 radical (unpaired) electrons. The number of carboxylic acid groups (broad SMARTS) is 1. The molecule has 0 saturated carbocycles. The highest BCUT2D eigenvalue weighted by atomic mass is 32.1. The fourth-order valence-corrected chi connectivity index (χ4v) is 5.22. The first kappa shape index (κ1) is 26.0. The summed E-state index contributed by atoms with van der Waals surface area (Å²) < 4.78 is 6.33. The molecule has 0 aliphatic carbocycles. The molecule has 1 saturated heterocycles. The molecule has 2 aliphatic heterocycles. The smallest absolute Gasteiger partial charge is 0.411 e. The molecular formula is C26H35N5O4S. The fraction of sp³-hybridized carbons (Fsp3) is 0.500. The topological polar surface area (TPSA) is 107 Å². The van der Waals surface area contributed by atoms with Crippen LogP contribution in [0.4, 0.5) is 10.5 Å². The molecule has 1 aromatic heterocycles. The summed E-state index contributed by atoms with van der Waals surface area (Å²) >= 11 is 1.38. The number of ether oxygens (including phenoxy) is 1. The molecule has 36 heavy (non-hydrogen) atoms. The zero-order chi connectivity index (χ0) is 25.8. The molecule has 3 N–H and O–H groups in total. The molecule has 1 atom stereocenters. The van der Waals surface area contributed by atoms with Crippen molar-refractivity contribution in [2.24, 2.45) is 10.5 Å². The van der Waals surface area contributed by atoms with Crippen LogP contribution >= 0.6 is 11.3 Å². The van der Waals surface area contributed by atoms with Crippen molar-refractivity contribution < 1.29 is 19.4 Å². The zero-order valence-electron chi connectivity index (χ0n) is 21.1. The Labute approximate surface area is 216 Å². The van der Waals surface area contributed by atoms with Crippen molar-refractivity contribution in [1.29, 1.82) is 0 Å². The molecule has 1 fully saturated rings. The molecule has 2 amide bonds. The van der Waals surface area contributed by atoms with Gasteiger partial charge in [-0.15, -0.1) is 16.4 Å². The second-order valence-corrected chi connectivity index (χ2v) is 11.2. The van der Waals surface area contributed by atoms with E-state index in [2.05, 4.69) is 20.7 Å². The normalized spacial score (nSPS) is 20.2. The molecule has 10 heteroatoms. The first-order chi connectivity index (χ1) is 17.2. The lowest BCUT2D eigenvalue weighted by molar-refractivity contribution is -0.159. The molecule has 0 spiro atoms. The van der Waals surface area contributed by atoms with E-state index in [1.165, 1.54) is 35.5 Å². The van der Waals surface area contributed by atoms with Crippen LogP contribution in [0.3, 0.4) is 0 Å². The zero-order valence-corrected chi connectivity index (χ0v) is 21.9. The van der Waals surface area contributed by atoms with Gasteiger partial charge in [0.15, 0.2) is 0 Å². The summed E-state index contributed by atoms with van der Waals surface area (Å²) in [6.45, 7) is 9.13. The van der Waals surface area contributed by atoms with Gasteiger partial charge in [0.25, 0.3) is 11.8 Å². The van der Waals surface area contributed by atoms with E-state index >= 15 is 0 Å². The lowest BCUT2D eigenvalue weighted by Gasteiger charge is -2.46.